The number of nitrogens with zero attached hydrogens (tertiary/aromatic N) is 1. The number of rotatable bonds is 6. The Morgan fingerprint density at radius 1 is 1.44 bits per heavy atom. The molecule has 1 atom stereocenters. The molecule has 4 heteroatoms. The molecule has 3 nitrogen and oxygen atoms in total. The highest BCUT2D eigenvalue weighted by molar-refractivity contribution is 8.00. The zero-order valence-electron chi connectivity index (χ0n) is 12.1. The lowest BCUT2D eigenvalue weighted by Crippen LogP contribution is -2.46. The summed E-state index contributed by atoms with van der Waals surface area (Å²) in [6.45, 7) is 9.18. The van der Waals surface area contributed by atoms with Gasteiger partial charge in [0.1, 0.15) is 0 Å². The first-order valence-electron chi connectivity index (χ1n) is 7.10. The molecule has 1 heterocycles. The van der Waals surface area contributed by atoms with Gasteiger partial charge in [0.05, 0.1) is 0 Å². The monoisotopic (exact) mass is 272 g/mol. The largest absolute Gasteiger partial charge is 0.341 e. The molecule has 0 bridgehead atoms. The van der Waals surface area contributed by atoms with E-state index in [0.717, 1.165) is 44.6 Å². The quantitative estimate of drug-likeness (QED) is 0.808. The first-order valence-corrected chi connectivity index (χ1v) is 8.09. The number of hydrogen-bond donors (Lipinski definition) is 1. The molecule has 0 aromatic rings. The van der Waals surface area contributed by atoms with Gasteiger partial charge in [-0.1, -0.05) is 13.3 Å². The number of nitrogens with two attached hydrogens (primary N) is 1. The fourth-order valence-corrected chi connectivity index (χ4v) is 3.61. The molecular weight excluding hydrogens is 244 g/mol. The van der Waals surface area contributed by atoms with Crippen molar-refractivity contribution in [2.24, 2.45) is 11.7 Å². The summed E-state index contributed by atoms with van der Waals surface area (Å²) in [6, 6.07) is 0. The van der Waals surface area contributed by atoms with Crippen LogP contribution in [-0.2, 0) is 4.79 Å². The van der Waals surface area contributed by atoms with E-state index in [0.29, 0.717) is 18.2 Å². The minimum Gasteiger partial charge on any atom is -0.341 e. The normalized spacial score (nSPS) is 20.8. The van der Waals surface area contributed by atoms with E-state index >= 15 is 0 Å². The van der Waals surface area contributed by atoms with E-state index in [1.807, 2.05) is 16.7 Å². The van der Waals surface area contributed by atoms with Crippen molar-refractivity contribution in [1.29, 1.82) is 0 Å². The van der Waals surface area contributed by atoms with Crippen molar-refractivity contribution < 1.29 is 4.79 Å². The van der Waals surface area contributed by atoms with Gasteiger partial charge in [-0.05, 0) is 39.2 Å². The van der Waals surface area contributed by atoms with Crippen molar-refractivity contribution in [3.8, 4) is 0 Å². The van der Waals surface area contributed by atoms with Crippen LogP contribution in [0.25, 0.3) is 0 Å². The predicted molar refractivity (Wildman–Crippen MR) is 79.8 cm³/mol. The van der Waals surface area contributed by atoms with Crippen LogP contribution in [0.1, 0.15) is 46.5 Å². The fraction of sp³-hybridized carbons (Fsp3) is 0.929. The highest BCUT2D eigenvalue weighted by Gasteiger charge is 2.29. The van der Waals surface area contributed by atoms with Gasteiger partial charge in [0.25, 0.3) is 0 Å². The second kappa shape index (κ2) is 7.39. The summed E-state index contributed by atoms with van der Waals surface area (Å²) in [5.41, 5.74) is 5.59. The molecule has 1 rings (SSSR count). The van der Waals surface area contributed by atoms with Crippen molar-refractivity contribution in [2.75, 3.05) is 25.4 Å². The molecule has 0 spiro atoms. The molecule has 0 aromatic carbocycles. The second-order valence-electron chi connectivity index (χ2n) is 5.81. The molecule has 2 N–H and O–H groups in total. The van der Waals surface area contributed by atoms with Crippen LogP contribution in [0, 0.1) is 5.92 Å². The Bertz CT molecular complexity index is 269. The van der Waals surface area contributed by atoms with Crippen molar-refractivity contribution >= 4 is 17.7 Å². The van der Waals surface area contributed by atoms with E-state index in [-0.39, 0.29) is 4.75 Å². The third-order valence-corrected chi connectivity index (χ3v) is 4.99. The number of carbonyl (C=O) groups is 1. The van der Waals surface area contributed by atoms with E-state index in [2.05, 4.69) is 20.8 Å². The first kappa shape index (κ1) is 15.8. The van der Waals surface area contributed by atoms with Crippen LogP contribution >= 0.6 is 11.8 Å². The lowest BCUT2D eigenvalue weighted by atomic mass is 9.96. The Labute approximate surface area is 116 Å². The molecule has 0 saturated carbocycles. The number of thioether (sulfide) groups is 1. The standard InChI is InChI=1S/C14H28N2OS/c1-4-12(7-8-15)5-6-13(17)16-9-10-18-14(2,3)11-16/h12H,4-11,15H2,1-3H3. The highest BCUT2D eigenvalue weighted by atomic mass is 32.2. The molecule has 18 heavy (non-hydrogen) atoms. The topological polar surface area (TPSA) is 46.3 Å². The summed E-state index contributed by atoms with van der Waals surface area (Å²) in [4.78, 5) is 14.2. The summed E-state index contributed by atoms with van der Waals surface area (Å²) in [7, 11) is 0. The molecule has 1 amide bonds. The third-order valence-electron chi connectivity index (χ3n) is 3.70. The van der Waals surface area contributed by atoms with Gasteiger partial charge in [0, 0.05) is 30.0 Å². The van der Waals surface area contributed by atoms with E-state index in [1.54, 1.807) is 0 Å². The highest BCUT2D eigenvalue weighted by Crippen LogP contribution is 2.30. The lowest BCUT2D eigenvalue weighted by molar-refractivity contribution is -0.131. The summed E-state index contributed by atoms with van der Waals surface area (Å²) in [5, 5.41) is 0. The molecule has 0 radical (unpaired) electrons. The van der Waals surface area contributed by atoms with Crippen LogP contribution in [-0.4, -0.2) is 40.9 Å². The average Bonchev–Trinajstić information content (AvgIpc) is 2.32. The molecule has 106 valence electrons. The van der Waals surface area contributed by atoms with E-state index in [9.17, 15) is 4.79 Å². The number of amides is 1. The summed E-state index contributed by atoms with van der Waals surface area (Å²) < 4.78 is 0.218. The Hall–Kier alpha value is -0.220. The second-order valence-corrected chi connectivity index (χ2v) is 7.62. The van der Waals surface area contributed by atoms with Crippen LogP contribution in [0.5, 0.6) is 0 Å². The van der Waals surface area contributed by atoms with Gasteiger partial charge in [0.2, 0.25) is 5.91 Å². The van der Waals surface area contributed by atoms with Gasteiger partial charge in [-0.2, -0.15) is 11.8 Å². The lowest BCUT2D eigenvalue weighted by Gasteiger charge is -2.37. The molecule has 1 aliphatic rings. The summed E-state index contributed by atoms with van der Waals surface area (Å²) in [5.74, 6) is 2.02. The van der Waals surface area contributed by atoms with Crippen LogP contribution in [0.2, 0.25) is 0 Å². The Morgan fingerprint density at radius 3 is 2.72 bits per heavy atom. The minimum absolute atomic E-state index is 0.218. The SMILES string of the molecule is CCC(CCN)CCC(=O)N1CCSC(C)(C)C1. The van der Waals surface area contributed by atoms with Crippen LogP contribution < -0.4 is 5.73 Å². The fourth-order valence-electron chi connectivity index (χ4n) is 2.50. The van der Waals surface area contributed by atoms with Crippen LogP contribution in [0.3, 0.4) is 0 Å². The Balaban J connectivity index is 2.36. The summed E-state index contributed by atoms with van der Waals surface area (Å²) >= 11 is 1.97. The number of hydrogen-bond acceptors (Lipinski definition) is 3. The minimum atomic E-state index is 0.218. The molecule has 1 fully saturated rings. The molecular formula is C14H28N2OS. The van der Waals surface area contributed by atoms with E-state index in [4.69, 9.17) is 5.73 Å². The van der Waals surface area contributed by atoms with Gasteiger partial charge < -0.3 is 10.6 Å². The maximum atomic E-state index is 12.2. The van der Waals surface area contributed by atoms with Crippen molar-refractivity contribution in [3.63, 3.8) is 0 Å². The van der Waals surface area contributed by atoms with Crippen LogP contribution in [0.4, 0.5) is 0 Å². The smallest absolute Gasteiger partial charge is 0.222 e. The van der Waals surface area contributed by atoms with Gasteiger partial charge >= 0.3 is 0 Å². The summed E-state index contributed by atoms with van der Waals surface area (Å²) in [6.07, 6.45) is 3.87. The van der Waals surface area contributed by atoms with Gasteiger partial charge in [-0.25, -0.2) is 0 Å². The first-order chi connectivity index (χ1) is 8.48. The Kier molecular flexibility index (Phi) is 6.50. The zero-order chi connectivity index (χ0) is 13.6. The van der Waals surface area contributed by atoms with Gasteiger partial charge in [-0.15, -0.1) is 0 Å². The Morgan fingerprint density at radius 2 is 2.17 bits per heavy atom. The predicted octanol–water partition coefficient (Wildman–Crippen LogP) is 2.50. The molecule has 1 unspecified atom stereocenters. The van der Waals surface area contributed by atoms with Gasteiger partial charge in [-0.3, -0.25) is 4.79 Å². The zero-order valence-corrected chi connectivity index (χ0v) is 12.9. The van der Waals surface area contributed by atoms with Crippen molar-refractivity contribution in [2.45, 2.75) is 51.2 Å². The molecule has 0 aliphatic carbocycles. The maximum absolute atomic E-state index is 12.2. The maximum Gasteiger partial charge on any atom is 0.222 e. The molecule has 0 aromatic heterocycles. The number of carbonyl (C=O) groups excluding carboxylic acids is 1. The van der Waals surface area contributed by atoms with Crippen molar-refractivity contribution in [1.82, 2.24) is 4.90 Å². The molecule has 1 saturated heterocycles. The third kappa shape index (κ3) is 5.19. The average molecular weight is 272 g/mol. The van der Waals surface area contributed by atoms with Gasteiger partial charge in [0.15, 0.2) is 0 Å². The van der Waals surface area contributed by atoms with Crippen molar-refractivity contribution in [3.05, 3.63) is 0 Å². The van der Waals surface area contributed by atoms with E-state index in [1.165, 1.54) is 0 Å². The molecule has 1 aliphatic heterocycles. The van der Waals surface area contributed by atoms with Crippen LogP contribution in [0.15, 0.2) is 0 Å². The van der Waals surface area contributed by atoms with E-state index < -0.39 is 0 Å².